The predicted molar refractivity (Wildman–Crippen MR) is 77.5 cm³/mol. The minimum atomic E-state index is -2.74. The van der Waals surface area contributed by atoms with Crippen LogP contribution in [0.3, 0.4) is 0 Å². The van der Waals surface area contributed by atoms with Gasteiger partial charge >= 0.3 is 0 Å². The first kappa shape index (κ1) is 14.5. The monoisotopic (exact) mass is 309 g/mol. The van der Waals surface area contributed by atoms with Crippen LogP contribution in [0.2, 0.25) is 0 Å². The average Bonchev–Trinajstić information content (AvgIpc) is 2.45. The molecule has 0 aliphatic carbocycles. The molecule has 6 nitrogen and oxygen atoms in total. The molecule has 104 valence electrons. The molecule has 0 spiro atoms. The van der Waals surface area contributed by atoms with Crippen LogP contribution in [-0.2, 0) is 10.9 Å². The number of thiol groups is 1. The molecule has 1 heterocycles. The minimum absolute atomic E-state index is 0.118. The minimum Gasteiger partial charge on any atom is -0.293 e. The normalized spacial score (nSPS) is 10.4. The third-order valence-electron chi connectivity index (χ3n) is 2.28. The molecule has 1 N–H and O–H groups in total. The number of anilines is 1. The maximum atomic E-state index is 12.0. The molecule has 8 heteroatoms. The van der Waals surface area contributed by atoms with E-state index in [2.05, 4.69) is 14.7 Å². The summed E-state index contributed by atoms with van der Waals surface area (Å²) in [6.07, 6.45) is 3.21. The second-order valence-corrected chi connectivity index (χ2v) is 5.37. The molecule has 20 heavy (non-hydrogen) atoms. The molecule has 0 bridgehead atoms. The standard InChI is InChI=1S/C12H11N3O3S2/c16-11(8-19-12-13-5-2-6-14-12)9-3-1-4-10(7-9)15-20(17)18/h1-7,20H,8H2,(H,15,17,18). The summed E-state index contributed by atoms with van der Waals surface area (Å²) in [6.45, 7) is 0. The summed E-state index contributed by atoms with van der Waals surface area (Å²) < 4.78 is 23.4. The van der Waals surface area contributed by atoms with Gasteiger partial charge in [-0.2, -0.15) is 0 Å². The Morgan fingerprint density at radius 1 is 1.20 bits per heavy atom. The number of hydrogen-bond donors (Lipinski definition) is 2. The van der Waals surface area contributed by atoms with E-state index in [1.54, 1.807) is 36.7 Å². The van der Waals surface area contributed by atoms with E-state index in [9.17, 15) is 13.2 Å². The zero-order valence-electron chi connectivity index (χ0n) is 10.2. The highest BCUT2D eigenvalue weighted by molar-refractivity contribution is 7.99. The molecule has 0 saturated heterocycles. The van der Waals surface area contributed by atoms with E-state index in [-0.39, 0.29) is 11.5 Å². The molecule has 1 aromatic heterocycles. The fourth-order valence-electron chi connectivity index (χ4n) is 1.44. The molecular formula is C12H11N3O3S2. The van der Waals surface area contributed by atoms with E-state index in [0.717, 1.165) is 0 Å². The summed E-state index contributed by atoms with van der Waals surface area (Å²) >= 11 is 1.23. The number of carbonyl (C=O) groups excluding carboxylic acids is 1. The molecule has 0 amide bonds. The highest BCUT2D eigenvalue weighted by atomic mass is 32.2. The largest absolute Gasteiger partial charge is 0.293 e. The van der Waals surface area contributed by atoms with Gasteiger partial charge in [-0.1, -0.05) is 23.9 Å². The van der Waals surface area contributed by atoms with Gasteiger partial charge in [0.1, 0.15) is 0 Å². The first-order valence-corrected chi connectivity index (χ1v) is 7.75. The molecule has 2 aromatic rings. The van der Waals surface area contributed by atoms with E-state index in [0.29, 0.717) is 16.4 Å². The quantitative estimate of drug-likeness (QED) is 0.363. The smallest absolute Gasteiger partial charge is 0.222 e. The molecule has 0 saturated carbocycles. The molecule has 0 aliphatic rings. The molecule has 0 radical (unpaired) electrons. The number of carbonyl (C=O) groups is 1. The molecule has 0 aliphatic heterocycles. The Hall–Kier alpha value is -1.93. The van der Waals surface area contributed by atoms with Gasteiger partial charge in [0.25, 0.3) is 0 Å². The van der Waals surface area contributed by atoms with Crippen molar-refractivity contribution in [1.82, 2.24) is 9.97 Å². The molecule has 1 aromatic carbocycles. The van der Waals surface area contributed by atoms with Crippen LogP contribution in [0.4, 0.5) is 5.69 Å². The van der Waals surface area contributed by atoms with Crippen LogP contribution in [0.25, 0.3) is 0 Å². The summed E-state index contributed by atoms with van der Waals surface area (Å²) in [7, 11) is -2.74. The number of benzene rings is 1. The summed E-state index contributed by atoms with van der Waals surface area (Å²) in [5.74, 6) is 0.0731. The number of aromatic nitrogens is 2. The lowest BCUT2D eigenvalue weighted by atomic mass is 10.1. The van der Waals surface area contributed by atoms with Crippen molar-refractivity contribution in [1.29, 1.82) is 0 Å². The van der Waals surface area contributed by atoms with E-state index >= 15 is 0 Å². The van der Waals surface area contributed by atoms with Crippen molar-refractivity contribution >= 4 is 34.1 Å². The highest BCUT2D eigenvalue weighted by Gasteiger charge is 2.08. The van der Waals surface area contributed by atoms with E-state index < -0.39 is 10.9 Å². The summed E-state index contributed by atoms with van der Waals surface area (Å²) in [4.78, 5) is 20.0. The first-order chi connectivity index (χ1) is 9.65. The topological polar surface area (TPSA) is 89.0 Å². The second-order valence-electron chi connectivity index (χ2n) is 3.69. The first-order valence-electron chi connectivity index (χ1n) is 5.59. The Morgan fingerprint density at radius 2 is 1.95 bits per heavy atom. The van der Waals surface area contributed by atoms with Crippen molar-refractivity contribution in [3.8, 4) is 0 Å². The maximum absolute atomic E-state index is 12.0. The number of Topliss-reactive ketones (excluding diaryl/α,β-unsaturated/α-hetero) is 1. The van der Waals surface area contributed by atoms with Crippen molar-refractivity contribution in [3.05, 3.63) is 48.3 Å². The zero-order chi connectivity index (χ0) is 14.4. The lowest BCUT2D eigenvalue weighted by molar-refractivity contribution is 0.102. The van der Waals surface area contributed by atoms with Crippen LogP contribution in [0.5, 0.6) is 0 Å². The molecule has 0 unspecified atom stereocenters. The lowest BCUT2D eigenvalue weighted by Crippen LogP contribution is -2.04. The number of rotatable bonds is 6. The Morgan fingerprint density at radius 3 is 2.65 bits per heavy atom. The van der Waals surface area contributed by atoms with Crippen LogP contribution in [0.15, 0.2) is 47.9 Å². The van der Waals surface area contributed by atoms with E-state index in [1.807, 2.05) is 0 Å². The Balaban J connectivity index is 2.02. The summed E-state index contributed by atoms with van der Waals surface area (Å²) in [5, 5.41) is 0.526. The molecular weight excluding hydrogens is 298 g/mol. The second kappa shape index (κ2) is 7.01. The Kier molecular flexibility index (Phi) is 5.08. The van der Waals surface area contributed by atoms with Crippen LogP contribution in [-0.4, -0.2) is 29.9 Å². The van der Waals surface area contributed by atoms with Crippen LogP contribution < -0.4 is 4.72 Å². The van der Waals surface area contributed by atoms with Crippen molar-refractivity contribution in [2.24, 2.45) is 0 Å². The van der Waals surface area contributed by atoms with Crippen LogP contribution in [0.1, 0.15) is 10.4 Å². The van der Waals surface area contributed by atoms with E-state index in [1.165, 1.54) is 17.8 Å². The van der Waals surface area contributed by atoms with Crippen LogP contribution in [0, 0.1) is 0 Å². The lowest BCUT2D eigenvalue weighted by Gasteiger charge is -2.03. The van der Waals surface area contributed by atoms with Gasteiger partial charge < -0.3 is 0 Å². The summed E-state index contributed by atoms with van der Waals surface area (Å²) in [6, 6.07) is 8.04. The van der Waals surface area contributed by atoms with Gasteiger partial charge in [0.05, 0.1) is 5.75 Å². The predicted octanol–water partition coefficient (Wildman–Crippen LogP) is 1.39. The van der Waals surface area contributed by atoms with Gasteiger partial charge in [0, 0.05) is 23.6 Å². The molecule has 0 fully saturated rings. The van der Waals surface area contributed by atoms with Gasteiger partial charge in [0.15, 0.2) is 10.9 Å². The summed E-state index contributed by atoms with van der Waals surface area (Å²) in [5.41, 5.74) is 0.809. The fraction of sp³-hybridized carbons (Fsp3) is 0.0833. The fourth-order valence-corrected chi connectivity index (χ4v) is 2.49. The average molecular weight is 309 g/mol. The molecule has 0 atom stereocenters. The highest BCUT2D eigenvalue weighted by Crippen LogP contribution is 2.16. The van der Waals surface area contributed by atoms with Crippen molar-refractivity contribution in [2.45, 2.75) is 5.16 Å². The third-order valence-corrected chi connectivity index (χ3v) is 3.60. The van der Waals surface area contributed by atoms with Gasteiger partial charge in [-0.05, 0) is 18.2 Å². The van der Waals surface area contributed by atoms with E-state index in [4.69, 9.17) is 0 Å². The van der Waals surface area contributed by atoms with Gasteiger partial charge in [-0.15, -0.1) is 0 Å². The Bertz CT molecular complexity index is 667. The van der Waals surface area contributed by atoms with Crippen molar-refractivity contribution < 1.29 is 13.2 Å². The third kappa shape index (κ3) is 4.32. The van der Waals surface area contributed by atoms with Crippen molar-refractivity contribution in [2.75, 3.05) is 10.5 Å². The number of nitrogens with one attached hydrogen (secondary N) is 1. The van der Waals surface area contributed by atoms with Gasteiger partial charge in [-0.3, -0.25) is 9.52 Å². The number of nitrogens with zero attached hydrogens (tertiary/aromatic N) is 2. The van der Waals surface area contributed by atoms with Crippen molar-refractivity contribution in [3.63, 3.8) is 0 Å². The van der Waals surface area contributed by atoms with Crippen LogP contribution >= 0.6 is 11.8 Å². The number of ketones is 1. The van der Waals surface area contributed by atoms with Gasteiger partial charge in [0.2, 0.25) is 10.9 Å². The maximum Gasteiger partial charge on any atom is 0.222 e. The SMILES string of the molecule is O=C(CSc1ncccn1)c1cccc(N[SH](=O)=O)c1. The molecule has 2 rings (SSSR count). The Labute approximate surface area is 121 Å². The zero-order valence-corrected chi connectivity index (χ0v) is 11.9. The number of hydrogen-bond acceptors (Lipinski definition) is 6. The number of thioether (sulfide) groups is 1. The van der Waals surface area contributed by atoms with Gasteiger partial charge in [-0.25, -0.2) is 18.4 Å².